The molecule has 1 saturated heterocycles. The number of carbonyl (C=O) groups is 1. The quantitative estimate of drug-likeness (QED) is 0.240. The van der Waals surface area contributed by atoms with Crippen molar-refractivity contribution in [2.24, 2.45) is 5.73 Å². The number of nitrogens with zero attached hydrogens (tertiary/aromatic N) is 5. The highest BCUT2D eigenvalue weighted by atomic mass is 19.4. The van der Waals surface area contributed by atoms with Gasteiger partial charge in [0.15, 0.2) is 0 Å². The highest BCUT2D eigenvalue weighted by Gasteiger charge is 2.36. The first kappa shape index (κ1) is 33.3. The van der Waals surface area contributed by atoms with Crippen LogP contribution < -0.4 is 20.7 Å². The third-order valence-electron chi connectivity index (χ3n) is 8.25. The zero-order valence-corrected chi connectivity index (χ0v) is 25.2. The molecule has 5 rings (SSSR count). The van der Waals surface area contributed by atoms with Crippen LogP contribution in [-0.4, -0.2) is 71.6 Å². The summed E-state index contributed by atoms with van der Waals surface area (Å²) in [6, 6.07) is 7.68. The number of piperazine rings is 1. The first-order valence-electron chi connectivity index (χ1n) is 14.9. The number of fused-ring (bicyclic) bond motifs is 1. The Morgan fingerprint density at radius 1 is 0.957 bits per heavy atom. The average Bonchev–Trinajstić information content (AvgIpc) is 3.02. The zero-order chi connectivity index (χ0) is 33.1. The van der Waals surface area contributed by atoms with E-state index in [9.17, 15) is 31.1 Å². The predicted octanol–water partition coefficient (Wildman–Crippen LogP) is 5.21. The SMILES string of the molecule is CC(=O)N1CCN(CCCOc2ccc(Nc3ncnc4c3CCN(c3ccc(CN)c(C(F)(F)F)c3)C4)c(C(F)(F)F)c2)CC1. The predicted molar refractivity (Wildman–Crippen MR) is 160 cm³/mol. The number of ether oxygens (including phenoxy) is 1. The normalized spacial score (nSPS) is 15.9. The monoisotopic (exact) mass is 651 g/mol. The number of hydrogen-bond acceptors (Lipinski definition) is 8. The van der Waals surface area contributed by atoms with E-state index in [0.717, 1.165) is 25.2 Å². The van der Waals surface area contributed by atoms with Crippen molar-refractivity contribution in [3.05, 3.63) is 70.7 Å². The Morgan fingerprint density at radius 3 is 2.37 bits per heavy atom. The van der Waals surface area contributed by atoms with Crippen LogP contribution in [0.1, 0.15) is 41.3 Å². The Bertz CT molecular complexity index is 1540. The van der Waals surface area contributed by atoms with Crippen LogP contribution in [0, 0.1) is 0 Å². The van der Waals surface area contributed by atoms with Gasteiger partial charge >= 0.3 is 12.4 Å². The Labute approximate surface area is 262 Å². The molecular formula is C31H35F6N7O2. The lowest BCUT2D eigenvalue weighted by Gasteiger charge is -2.34. The number of anilines is 3. The number of aromatic nitrogens is 2. The van der Waals surface area contributed by atoms with Crippen LogP contribution in [0.3, 0.4) is 0 Å². The van der Waals surface area contributed by atoms with Gasteiger partial charge < -0.3 is 25.6 Å². The topological polar surface area (TPSA) is 99.8 Å². The third kappa shape index (κ3) is 7.81. The van der Waals surface area contributed by atoms with E-state index in [0.29, 0.717) is 56.0 Å². The molecule has 2 aliphatic heterocycles. The van der Waals surface area contributed by atoms with E-state index >= 15 is 0 Å². The van der Waals surface area contributed by atoms with Crippen molar-refractivity contribution >= 4 is 23.1 Å². The fourth-order valence-electron chi connectivity index (χ4n) is 5.73. The molecule has 0 radical (unpaired) electrons. The average molecular weight is 652 g/mol. The highest BCUT2D eigenvalue weighted by Crippen LogP contribution is 2.40. The molecule has 0 spiro atoms. The van der Waals surface area contributed by atoms with E-state index in [2.05, 4.69) is 20.2 Å². The molecule has 3 N–H and O–H groups in total. The Hall–Kier alpha value is -4.11. The molecule has 9 nitrogen and oxygen atoms in total. The summed E-state index contributed by atoms with van der Waals surface area (Å²) in [5.74, 6) is 0.324. The van der Waals surface area contributed by atoms with Gasteiger partial charge in [-0.1, -0.05) is 6.07 Å². The van der Waals surface area contributed by atoms with Gasteiger partial charge in [0.2, 0.25) is 5.91 Å². The largest absolute Gasteiger partial charge is 0.494 e. The summed E-state index contributed by atoms with van der Waals surface area (Å²) in [6.07, 6.45) is -7.13. The summed E-state index contributed by atoms with van der Waals surface area (Å²) < 4.78 is 88.9. The van der Waals surface area contributed by atoms with E-state index in [1.807, 2.05) is 0 Å². The summed E-state index contributed by atoms with van der Waals surface area (Å²) in [4.78, 5) is 25.7. The van der Waals surface area contributed by atoms with E-state index in [4.69, 9.17) is 10.5 Å². The Morgan fingerprint density at radius 2 is 1.70 bits per heavy atom. The Kier molecular flexibility index (Phi) is 9.91. The first-order valence-corrected chi connectivity index (χ1v) is 14.9. The molecule has 3 aromatic rings. The number of nitrogens with one attached hydrogen (secondary N) is 1. The van der Waals surface area contributed by atoms with Crippen LogP contribution in [-0.2, 0) is 36.7 Å². The summed E-state index contributed by atoms with van der Waals surface area (Å²) in [5, 5.41) is 2.81. The molecule has 0 aliphatic carbocycles. The zero-order valence-electron chi connectivity index (χ0n) is 25.2. The van der Waals surface area contributed by atoms with Crippen LogP contribution in [0.25, 0.3) is 0 Å². The van der Waals surface area contributed by atoms with E-state index in [1.165, 1.54) is 24.5 Å². The van der Waals surface area contributed by atoms with Gasteiger partial charge in [-0.15, -0.1) is 0 Å². The number of hydrogen-bond donors (Lipinski definition) is 2. The molecule has 1 aromatic heterocycles. The Balaban J connectivity index is 1.25. The molecule has 2 aliphatic rings. The number of alkyl halides is 6. The molecule has 1 fully saturated rings. The van der Waals surface area contributed by atoms with Crippen LogP contribution in [0.2, 0.25) is 0 Å². The fraction of sp³-hybridized carbons (Fsp3) is 0.452. The van der Waals surface area contributed by atoms with Crippen LogP contribution >= 0.6 is 0 Å². The van der Waals surface area contributed by atoms with E-state index in [1.54, 1.807) is 22.8 Å². The molecule has 0 saturated carbocycles. The molecule has 46 heavy (non-hydrogen) atoms. The van der Waals surface area contributed by atoms with Crippen molar-refractivity contribution in [1.29, 1.82) is 0 Å². The number of benzene rings is 2. The lowest BCUT2D eigenvalue weighted by molar-refractivity contribution is -0.138. The minimum Gasteiger partial charge on any atom is -0.494 e. The van der Waals surface area contributed by atoms with Gasteiger partial charge in [-0.05, 0) is 48.7 Å². The lowest BCUT2D eigenvalue weighted by atomic mass is 10.0. The summed E-state index contributed by atoms with van der Waals surface area (Å²) in [5.41, 5.74) is 4.98. The lowest BCUT2D eigenvalue weighted by Crippen LogP contribution is -2.48. The third-order valence-corrected chi connectivity index (χ3v) is 8.25. The molecular weight excluding hydrogens is 616 g/mol. The molecule has 15 heteroatoms. The van der Waals surface area contributed by atoms with Gasteiger partial charge in [-0.3, -0.25) is 9.69 Å². The number of amides is 1. The van der Waals surface area contributed by atoms with Crippen LogP contribution in [0.15, 0.2) is 42.7 Å². The van der Waals surface area contributed by atoms with E-state index < -0.39 is 23.5 Å². The molecule has 2 aromatic carbocycles. The first-order chi connectivity index (χ1) is 21.8. The maximum atomic E-state index is 14.1. The number of halogens is 6. The summed E-state index contributed by atoms with van der Waals surface area (Å²) in [6.45, 7) is 5.46. The molecule has 0 atom stereocenters. The number of carbonyl (C=O) groups excluding carboxylic acids is 1. The maximum absolute atomic E-state index is 14.1. The fourth-order valence-corrected chi connectivity index (χ4v) is 5.73. The van der Waals surface area contributed by atoms with Crippen molar-refractivity contribution in [1.82, 2.24) is 19.8 Å². The van der Waals surface area contributed by atoms with Gasteiger partial charge in [-0.25, -0.2) is 9.97 Å². The second-order valence-corrected chi connectivity index (χ2v) is 11.2. The van der Waals surface area contributed by atoms with Crippen molar-refractivity contribution < 1.29 is 35.9 Å². The summed E-state index contributed by atoms with van der Waals surface area (Å²) >= 11 is 0. The van der Waals surface area contributed by atoms with Crippen molar-refractivity contribution in [2.45, 2.75) is 45.2 Å². The highest BCUT2D eigenvalue weighted by molar-refractivity contribution is 5.73. The van der Waals surface area contributed by atoms with Gasteiger partial charge in [0.05, 0.1) is 35.7 Å². The molecule has 0 bridgehead atoms. The smallest absolute Gasteiger partial charge is 0.418 e. The molecule has 1 amide bonds. The molecule has 248 valence electrons. The van der Waals surface area contributed by atoms with Crippen molar-refractivity contribution in [3.63, 3.8) is 0 Å². The molecule has 3 heterocycles. The van der Waals surface area contributed by atoms with Crippen LogP contribution in [0.4, 0.5) is 43.5 Å². The van der Waals surface area contributed by atoms with Crippen molar-refractivity contribution in [3.8, 4) is 5.75 Å². The van der Waals surface area contributed by atoms with Gasteiger partial charge in [0, 0.05) is 64.0 Å². The van der Waals surface area contributed by atoms with Gasteiger partial charge in [0.1, 0.15) is 17.9 Å². The van der Waals surface area contributed by atoms with Gasteiger partial charge in [0.25, 0.3) is 0 Å². The maximum Gasteiger partial charge on any atom is 0.418 e. The standard InChI is InChI=1S/C31H35F6N7O2/c1-20(45)43-12-10-42(11-13-43)8-2-14-46-23-5-6-27(26(16-23)31(35,36)37)41-29-24-7-9-44(18-28(24)39-19-40-29)22-4-3-21(17-38)25(15-22)30(32,33)34/h3-6,15-16,19H,2,7-14,17-18,38H2,1H3,(H,39,40,41). The molecule has 0 unspecified atom stereocenters. The second-order valence-electron chi connectivity index (χ2n) is 11.2. The summed E-state index contributed by atoms with van der Waals surface area (Å²) in [7, 11) is 0. The minimum absolute atomic E-state index is 0.0138. The van der Waals surface area contributed by atoms with E-state index in [-0.39, 0.29) is 48.4 Å². The minimum atomic E-state index is -4.69. The number of rotatable bonds is 9. The van der Waals surface area contributed by atoms with Crippen LogP contribution in [0.5, 0.6) is 5.75 Å². The van der Waals surface area contributed by atoms with Gasteiger partial charge in [-0.2, -0.15) is 26.3 Å². The second kappa shape index (κ2) is 13.7. The van der Waals surface area contributed by atoms with Crippen molar-refractivity contribution in [2.75, 3.05) is 56.1 Å². The number of nitrogens with two attached hydrogens (primary N) is 1.